The molecular weight excluding hydrogens is 178 g/mol. The van der Waals surface area contributed by atoms with E-state index in [1.54, 1.807) is 18.2 Å². The molecule has 0 aliphatic heterocycles. The number of quaternary nitrogens is 1. The lowest BCUT2D eigenvalue weighted by Gasteiger charge is -2.08. The molecule has 0 bridgehead atoms. The highest BCUT2D eigenvalue weighted by Crippen LogP contribution is 2.05. The molecule has 0 fully saturated rings. The fraction of sp³-hybridized carbons (Fsp3) is 0. The van der Waals surface area contributed by atoms with E-state index in [2.05, 4.69) is 0 Å². The Kier molecular flexibility index (Phi) is 3.66. The van der Waals surface area contributed by atoms with Crippen LogP contribution in [0.4, 0.5) is 0 Å². The third-order valence-corrected chi connectivity index (χ3v) is 2.28. The fourth-order valence-electron chi connectivity index (χ4n) is 0.648. The first-order valence-electron chi connectivity index (χ1n) is 2.86. The van der Waals surface area contributed by atoms with Crippen molar-refractivity contribution in [1.82, 2.24) is 6.15 Å². The smallest absolute Gasteiger partial charge is 0.177 e. The normalized spacial score (nSPS) is 13.8. The van der Waals surface area contributed by atoms with Crippen molar-refractivity contribution in [3.63, 3.8) is 0 Å². The Morgan fingerprint density at radius 1 is 1.25 bits per heavy atom. The standard InChI is InChI=1S/C7H6O3S.H3N/c8-6-11(9,10)7-4-2-1-3-5-7;/h1-5H,(H,9,10);1H3. The lowest BCUT2D eigenvalue weighted by atomic mass is 10.4. The van der Waals surface area contributed by atoms with Crippen LogP contribution in [0, 0.1) is 0 Å². The van der Waals surface area contributed by atoms with Crippen molar-refractivity contribution < 1.29 is 13.6 Å². The van der Waals surface area contributed by atoms with E-state index in [9.17, 15) is 13.6 Å². The number of hydrogen-bond donors (Lipinski definition) is 1. The van der Waals surface area contributed by atoms with E-state index in [1.165, 1.54) is 12.1 Å². The van der Waals surface area contributed by atoms with E-state index < -0.39 is 9.80 Å². The molecule has 0 aliphatic rings. The zero-order valence-corrected chi connectivity index (χ0v) is 7.34. The highest BCUT2D eigenvalue weighted by Gasteiger charge is 1.94. The van der Waals surface area contributed by atoms with Gasteiger partial charge in [-0.3, -0.25) is 4.21 Å². The molecule has 12 heavy (non-hydrogen) atoms. The largest absolute Gasteiger partial charge is 0.766 e. The van der Waals surface area contributed by atoms with Gasteiger partial charge in [0.2, 0.25) is 0 Å². The summed E-state index contributed by atoms with van der Waals surface area (Å²) in [7, 11) is -3.80. The van der Waals surface area contributed by atoms with Crippen LogP contribution in [0.3, 0.4) is 0 Å². The van der Waals surface area contributed by atoms with E-state index in [4.69, 9.17) is 0 Å². The van der Waals surface area contributed by atoms with Gasteiger partial charge in [0.05, 0.1) is 0 Å². The van der Waals surface area contributed by atoms with Crippen molar-refractivity contribution in [2.75, 3.05) is 0 Å². The van der Waals surface area contributed by atoms with Crippen LogP contribution in [0.5, 0.6) is 0 Å². The minimum absolute atomic E-state index is 0. The number of carbonyl (C=O) groups excluding carboxylic acids is 1. The summed E-state index contributed by atoms with van der Waals surface area (Å²) < 4.78 is 21.6. The van der Waals surface area contributed by atoms with E-state index in [0.717, 1.165) is 5.23 Å². The van der Waals surface area contributed by atoms with Crippen molar-refractivity contribution in [2.24, 2.45) is 0 Å². The Hall–Kier alpha value is -1.13. The quantitative estimate of drug-likeness (QED) is 0.662. The molecule has 1 unspecified atom stereocenters. The first-order chi connectivity index (χ1) is 5.17. The maximum atomic E-state index is 10.8. The van der Waals surface area contributed by atoms with Crippen LogP contribution in [0.15, 0.2) is 35.2 Å². The minimum Gasteiger partial charge on any atom is -0.766 e. The molecule has 5 heteroatoms. The monoisotopic (exact) mass is 187 g/mol. The van der Waals surface area contributed by atoms with Crippen LogP contribution in [-0.2, 0) is 14.6 Å². The van der Waals surface area contributed by atoms with E-state index in [0.29, 0.717) is 0 Å². The van der Waals surface area contributed by atoms with E-state index in [1.807, 2.05) is 0 Å². The molecule has 66 valence electrons. The summed E-state index contributed by atoms with van der Waals surface area (Å²) in [5, 5.41) is 0.980. The van der Waals surface area contributed by atoms with Gasteiger partial charge in [-0.05, 0) is 12.1 Å². The van der Waals surface area contributed by atoms with Crippen LogP contribution >= 0.6 is 0 Å². The van der Waals surface area contributed by atoms with E-state index >= 15 is 0 Å². The minimum atomic E-state index is -3.80. The van der Waals surface area contributed by atoms with Crippen molar-refractivity contribution in [3.8, 4) is 0 Å². The molecule has 0 saturated heterocycles. The zero-order chi connectivity index (χ0) is 8.32. The summed E-state index contributed by atoms with van der Waals surface area (Å²) in [6.45, 7) is 0. The molecule has 0 spiro atoms. The van der Waals surface area contributed by atoms with Crippen molar-refractivity contribution in [2.45, 2.75) is 4.90 Å². The second-order valence-electron chi connectivity index (χ2n) is 1.90. The summed E-state index contributed by atoms with van der Waals surface area (Å²) in [6, 6.07) is 7.46. The van der Waals surface area contributed by atoms with Crippen LogP contribution < -0.4 is 6.15 Å². The molecule has 4 N–H and O–H groups in total. The van der Waals surface area contributed by atoms with Crippen molar-refractivity contribution in [3.05, 3.63) is 30.3 Å². The second-order valence-corrected chi connectivity index (χ2v) is 3.54. The Morgan fingerprint density at radius 2 is 1.75 bits per heavy atom. The fourth-order valence-corrected chi connectivity index (χ4v) is 1.26. The molecule has 1 rings (SSSR count). The zero-order valence-electron chi connectivity index (χ0n) is 6.52. The highest BCUT2D eigenvalue weighted by molar-refractivity contribution is 7.95. The molecule has 0 radical (unpaired) electrons. The van der Waals surface area contributed by atoms with Crippen LogP contribution in [0.2, 0.25) is 0 Å². The SMILES string of the molecule is O=C=S(=O)([O-])c1ccccc1.[NH4+]. The first kappa shape index (κ1) is 10.9. The van der Waals surface area contributed by atoms with Crippen molar-refractivity contribution in [1.29, 1.82) is 0 Å². The van der Waals surface area contributed by atoms with Crippen LogP contribution in [0.1, 0.15) is 0 Å². The average Bonchev–Trinajstić information content (AvgIpc) is 2.06. The van der Waals surface area contributed by atoms with Gasteiger partial charge in [0.1, 0.15) is 0 Å². The van der Waals surface area contributed by atoms with Gasteiger partial charge >= 0.3 is 0 Å². The Morgan fingerprint density at radius 3 is 2.17 bits per heavy atom. The van der Waals surface area contributed by atoms with Gasteiger partial charge in [-0.25, -0.2) is 4.79 Å². The summed E-state index contributed by atoms with van der Waals surface area (Å²) in [5.41, 5.74) is 0. The topological polar surface area (TPSA) is 93.7 Å². The molecule has 0 amide bonds. The number of hydrogen-bond acceptors (Lipinski definition) is 3. The predicted octanol–water partition coefficient (Wildman–Crippen LogP) is 0.904. The molecule has 1 aromatic rings. The molecule has 0 aromatic heterocycles. The lowest BCUT2D eigenvalue weighted by molar-refractivity contribution is 0.523. The molecule has 4 nitrogen and oxygen atoms in total. The van der Waals surface area contributed by atoms with Gasteiger partial charge in [0.25, 0.3) is 0 Å². The first-order valence-corrected chi connectivity index (χ1v) is 4.34. The predicted molar refractivity (Wildman–Crippen MR) is 45.3 cm³/mol. The molecular formula is C7H9NO3S. The maximum absolute atomic E-state index is 10.8. The summed E-state index contributed by atoms with van der Waals surface area (Å²) >= 11 is 0. The Bertz CT molecular complexity index is 375. The van der Waals surface area contributed by atoms with Gasteiger partial charge < -0.3 is 10.7 Å². The molecule has 1 aromatic carbocycles. The molecule has 0 heterocycles. The summed E-state index contributed by atoms with van der Waals surface area (Å²) in [4.78, 5) is 9.90. The third kappa shape index (κ3) is 2.18. The molecule has 0 aliphatic carbocycles. The van der Waals surface area contributed by atoms with Gasteiger partial charge in [0, 0.05) is 14.7 Å². The highest BCUT2D eigenvalue weighted by atomic mass is 32.2. The van der Waals surface area contributed by atoms with Gasteiger partial charge in [0.15, 0.2) is 5.23 Å². The van der Waals surface area contributed by atoms with Crippen LogP contribution in [-0.4, -0.2) is 14.0 Å². The Labute approximate surface area is 70.6 Å². The lowest BCUT2D eigenvalue weighted by Crippen LogP contribution is -1.98. The Balaban J connectivity index is 0.00000121. The summed E-state index contributed by atoms with van der Waals surface area (Å²) in [5.74, 6) is 0. The van der Waals surface area contributed by atoms with Gasteiger partial charge in [-0.1, -0.05) is 18.2 Å². The maximum Gasteiger partial charge on any atom is 0.177 e. The number of benzene rings is 1. The third-order valence-electron chi connectivity index (χ3n) is 1.16. The van der Waals surface area contributed by atoms with Crippen molar-refractivity contribution >= 4 is 15.0 Å². The van der Waals surface area contributed by atoms with Gasteiger partial charge in [-0.2, -0.15) is 0 Å². The average molecular weight is 187 g/mol. The molecule has 1 atom stereocenters. The second kappa shape index (κ2) is 4.04. The summed E-state index contributed by atoms with van der Waals surface area (Å²) in [6.07, 6.45) is 0. The van der Waals surface area contributed by atoms with Crippen LogP contribution in [0.25, 0.3) is 0 Å². The van der Waals surface area contributed by atoms with E-state index in [-0.39, 0.29) is 11.0 Å². The van der Waals surface area contributed by atoms with Gasteiger partial charge in [-0.15, -0.1) is 0 Å². The molecule has 0 saturated carbocycles. The number of rotatable bonds is 1.